The molecule has 0 aromatic heterocycles. The third-order valence-electron chi connectivity index (χ3n) is 3.30. The molecule has 7 heteroatoms. The van der Waals surface area contributed by atoms with Crippen LogP contribution in [0.2, 0.25) is 0 Å². The first-order valence-electron chi connectivity index (χ1n) is 6.05. The lowest BCUT2D eigenvalue weighted by atomic mass is 9.99. The number of aromatic hydroxyl groups is 1. The average molecular weight is 292 g/mol. The normalized spacial score (nSPS) is 19.7. The van der Waals surface area contributed by atoms with E-state index >= 15 is 0 Å². The summed E-state index contributed by atoms with van der Waals surface area (Å²) >= 11 is 5.84. The van der Waals surface area contributed by atoms with Gasteiger partial charge in [0, 0.05) is 28.4 Å². The number of aliphatic imine (C=N–C) groups is 1. The molecule has 6 nitrogen and oxygen atoms in total. The molecular weight excluding hydrogens is 278 g/mol. The van der Waals surface area contributed by atoms with Gasteiger partial charge in [-0.15, -0.1) is 0 Å². The molecule has 5 N–H and O–H groups in total. The lowest BCUT2D eigenvalue weighted by molar-refractivity contribution is 0.160. The van der Waals surface area contributed by atoms with Crippen LogP contribution in [0.1, 0.15) is 11.7 Å². The molecular formula is C13H14ClN5O. The molecule has 0 fully saturated rings. The number of fused-ring (bicyclic) bond motifs is 1. The van der Waals surface area contributed by atoms with E-state index in [0.29, 0.717) is 23.3 Å². The second kappa shape index (κ2) is 4.82. The number of phenolic OH excluding ortho intramolecular Hbond substituents is 1. The van der Waals surface area contributed by atoms with Gasteiger partial charge >= 0.3 is 0 Å². The molecule has 104 valence electrons. The number of halogens is 1. The van der Waals surface area contributed by atoms with Gasteiger partial charge in [-0.2, -0.15) is 5.01 Å². The van der Waals surface area contributed by atoms with Crippen molar-refractivity contribution >= 4 is 34.6 Å². The van der Waals surface area contributed by atoms with E-state index in [2.05, 4.69) is 4.99 Å². The molecule has 0 saturated carbocycles. The van der Waals surface area contributed by atoms with Crippen LogP contribution in [0.3, 0.4) is 0 Å². The summed E-state index contributed by atoms with van der Waals surface area (Å²) in [6, 6.07) is 8.94. The van der Waals surface area contributed by atoms with Crippen molar-refractivity contribution in [3.63, 3.8) is 0 Å². The smallest absolute Gasteiger partial charge is 0.146 e. The van der Waals surface area contributed by atoms with Crippen LogP contribution in [0.4, 0.5) is 5.69 Å². The minimum absolute atomic E-state index is 0.154. The molecule has 0 radical (unpaired) electrons. The summed E-state index contributed by atoms with van der Waals surface area (Å²) in [6.07, 6.45) is 1.01. The van der Waals surface area contributed by atoms with Crippen LogP contribution < -0.4 is 11.6 Å². The van der Waals surface area contributed by atoms with E-state index in [-0.39, 0.29) is 5.75 Å². The minimum Gasteiger partial charge on any atom is -0.507 e. The van der Waals surface area contributed by atoms with E-state index in [4.69, 9.17) is 23.4 Å². The predicted octanol–water partition coefficient (Wildman–Crippen LogP) is 1.76. The highest BCUT2D eigenvalue weighted by Crippen LogP contribution is 2.38. The van der Waals surface area contributed by atoms with Gasteiger partial charge in [0.1, 0.15) is 24.9 Å². The van der Waals surface area contributed by atoms with Gasteiger partial charge in [-0.3, -0.25) is 10.3 Å². The topological polar surface area (TPSA) is 91.1 Å². The molecule has 0 spiro atoms. The molecule has 0 aliphatic carbocycles. The molecule has 1 unspecified atom stereocenters. The Balaban J connectivity index is 2.25. The summed E-state index contributed by atoms with van der Waals surface area (Å²) in [5.41, 5.74) is 7.28. The monoisotopic (exact) mass is 291 g/mol. The quantitative estimate of drug-likeness (QED) is 0.423. The van der Waals surface area contributed by atoms with Gasteiger partial charge in [0.25, 0.3) is 0 Å². The molecule has 1 atom stereocenters. The summed E-state index contributed by atoms with van der Waals surface area (Å²) in [5.74, 6) is 6.12. The Morgan fingerprint density at radius 2 is 2.10 bits per heavy atom. The van der Waals surface area contributed by atoms with Gasteiger partial charge in [-0.05, 0) is 17.5 Å². The SMILES string of the molecule is Nc1ccc2cccc(O)c2c1C1N=CN(Cl)CN1N. The fourth-order valence-corrected chi connectivity index (χ4v) is 2.59. The van der Waals surface area contributed by atoms with E-state index < -0.39 is 6.17 Å². The Morgan fingerprint density at radius 1 is 1.30 bits per heavy atom. The van der Waals surface area contributed by atoms with Crippen molar-refractivity contribution in [1.82, 2.24) is 9.43 Å². The lowest BCUT2D eigenvalue weighted by Crippen LogP contribution is -2.44. The number of nitrogen functional groups attached to an aromatic ring is 1. The summed E-state index contributed by atoms with van der Waals surface area (Å²) in [7, 11) is 0. The third-order valence-corrected chi connectivity index (χ3v) is 3.50. The van der Waals surface area contributed by atoms with Crippen LogP contribution in [-0.2, 0) is 0 Å². The molecule has 3 rings (SSSR count). The number of hydrogen-bond acceptors (Lipinski definition) is 6. The van der Waals surface area contributed by atoms with Crippen LogP contribution in [0, 0.1) is 0 Å². The summed E-state index contributed by atoms with van der Waals surface area (Å²) < 4.78 is 1.34. The zero-order valence-electron chi connectivity index (χ0n) is 10.6. The van der Waals surface area contributed by atoms with E-state index in [1.807, 2.05) is 12.1 Å². The highest BCUT2D eigenvalue weighted by atomic mass is 35.5. The van der Waals surface area contributed by atoms with Crippen molar-refractivity contribution in [2.75, 3.05) is 12.4 Å². The van der Waals surface area contributed by atoms with Gasteiger partial charge in [-0.1, -0.05) is 18.2 Å². The molecule has 0 bridgehead atoms. The van der Waals surface area contributed by atoms with Gasteiger partial charge in [-0.25, -0.2) is 4.99 Å². The van der Waals surface area contributed by atoms with Crippen molar-refractivity contribution < 1.29 is 5.11 Å². The fraction of sp³-hybridized carbons (Fsp3) is 0.154. The van der Waals surface area contributed by atoms with E-state index in [0.717, 1.165) is 5.39 Å². The molecule has 0 amide bonds. The maximum atomic E-state index is 10.1. The number of phenols is 1. The van der Waals surface area contributed by atoms with Gasteiger partial charge in [0.05, 0.1) is 0 Å². The van der Waals surface area contributed by atoms with Crippen molar-refractivity contribution in [2.45, 2.75) is 6.17 Å². The van der Waals surface area contributed by atoms with Crippen molar-refractivity contribution in [3.05, 3.63) is 35.9 Å². The average Bonchev–Trinajstić information content (AvgIpc) is 2.41. The number of hydrogen-bond donors (Lipinski definition) is 3. The van der Waals surface area contributed by atoms with Gasteiger partial charge in [0.2, 0.25) is 0 Å². The predicted molar refractivity (Wildman–Crippen MR) is 79.8 cm³/mol. The largest absolute Gasteiger partial charge is 0.507 e. The Bertz CT molecular complexity index is 690. The van der Waals surface area contributed by atoms with Crippen LogP contribution in [0.5, 0.6) is 5.75 Å². The number of rotatable bonds is 1. The zero-order chi connectivity index (χ0) is 14.3. The first-order valence-corrected chi connectivity index (χ1v) is 6.39. The van der Waals surface area contributed by atoms with Crippen LogP contribution in [-0.4, -0.2) is 27.5 Å². The van der Waals surface area contributed by atoms with E-state index in [9.17, 15) is 5.11 Å². The first kappa shape index (κ1) is 13.0. The standard InChI is InChI=1S/C13H14ClN5O/c14-18-6-17-13(19(16)7-18)12-9(15)5-4-8-2-1-3-10(20)11(8)12/h1-6,13,20H,7,15-16H2. The zero-order valence-corrected chi connectivity index (χ0v) is 11.3. The van der Waals surface area contributed by atoms with E-state index in [1.165, 1.54) is 15.8 Å². The Kier molecular flexibility index (Phi) is 3.13. The lowest BCUT2D eigenvalue weighted by Gasteiger charge is -2.32. The Hall–Kier alpha value is -2.02. The Morgan fingerprint density at radius 3 is 2.85 bits per heavy atom. The third kappa shape index (κ3) is 2.03. The highest BCUT2D eigenvalue weighted by Gasteiger charge is 2.26. The van der Waals surface area contributed by atoms with Crippen LogP contribution in [0.25, 0.3) is 10.8 Å². The maximum absolute atomic E-state index is 10.1. The number of benzene rings is 2. The minimum atomic E-state index is -0.484. The van der Waals surface area contributed by atoms with Gasteiger partial charge < -0.3 is 10.8 Å². The number of nitrogens with zero attached hydrogens (tertiary/aromatic N) is 3. The van der Waals surface area contributed by atoms with Crippen molar-refractivity contribution in [1.29, 1.82) is 0 Å². The number of hydrazine groups is 1. The molecule has 20 heavy (non-hydrogen) atoms. The Labute approximate surface area is 120 Å². The highest BCUT2D eigenvalue weighted by molar-refractivity contribution is 6.18. The number of nitrogens with two attached hydrogens (primary N) is 2. The molecule has 2 aromatic carbocycles. The summed E-state index contributed by atoms with van der Waals surface area (Å²) in [5, 5.41) is 13.1. The van der Waals surface area contributed by atoms with Crippen molar-refractivity contribution in [2.24, 2.45) is 10.8 Å². The fourth-order valence-electron chi connectivity index (χ4n) is 2.41. The van der Waals surface area contributed by atoms with E-state index in [1.54, 1.807) is 18.2 Å². The van der Waals surface area contributed by atoms with Gasteiger partial charge in [0.15, 0.2) is 0 Å². The molecule has 1 heterocycles. The summed E-state index contributed by atoms with van der Waals surface area (Å²) in [4.78, 5) is 4.29. The molecule has 2 aromatic rings. The van der Waals surface area contributed by atoms with Crippen LogP contribution >= 0.6 is 11.8 Å². The van der Waals surface area contributed by atoms with Crippen LogP contribution in [0.15, 0.2) is 35.3 Å². The molecule has 1 aliphatic heterocycles. The van der Waals surface area contributed by atoms with Crippen molar-refractivity contribution in [3.8, 4) is 5.75 Å². The number of anilines is 1. The maximum Gasteiger partial charge on any atom is 0.146 e. The molecule has 0 saturated heterocycles. The molecule has 1 aliphatic rings. The summed E-state index contributed by atoms with van der Waals surface area (Å²) in [6.45, 7) is 0.305. The first-order chi connectivity index (χ1) is 9.58. The second-order valence-corrected chi connectivity index (χ2v) is 5.07. The second-order valence-electron chi connectivity index (χ2n) is 4.64.